The molecule has 1 heterocycles. The molecule has 1 saturated heterocycles. The fraction of sp³-hybridized carbons (Fsp3) is 0.385. The SMILES string of the molecule is Cc1cc(C(=O)N2CCC(F)(C(=O)O)C2)cc([N+](=O)[O-])c1. The molecule has 2 rings (SSSR count). The third-order valence-electron chi connectivity index (χ3n) is 3.41. The van der Waals surface area contributed by atoms with Crippen LogP contribution in [0.2, 0.25) is 0 Å². The molecule has 1 aliphatic rings. The van der Waals surface area contributed by atoms with Gasteiger partial charge in [0.05, 0.1) is 11.5 Å². The number of nitrogens with zero attached hydrogens (tertiary/aromatic N) is 2. The number of alkyl halides is 1. The first-order valence-electron chi connectivity index (χ1n) is 6.20. The second-order valence-corrected chi connectivity index (χ2v) is 5.06. The Balaban J connectivity index is 2.26. The Kier molecular flexibility index (Phi) is 3.63. The van der Waals surface area contributed by atoms with Crippen LogP contribution in [-0.4, -0.2) is 45.6 Å². The molecule has 1 N–H and O–H groups in total. The van der Waals surface area contributed by atoms with E-state index in [0.717, 1.165) is 11.0 Å². The number of aryl methyl sites for hydroxylation is 1. The number of carbonyl (C=O) groups is 2. The topological polar surface area (TPSA) is 101 Å². The summed E-state index contributed by atoms with van der Waals surface area (Å²) in [4.78, 5) is 34.3. The molecule has 0 bridgehead atoms. The summed E-state index contributed by atoms with van der Waals surface area (Å²) in [5.41, 5.74) is -2.11. The summed E-state index contributed by atoms with van der Waals surface area (Å²) in [6.07, 6.45) is -0.290. The predicted molar refractivity (Wildman–Crippen MR) is 69.8 cm³/mol. The average molecular weight is 296 g/mol. The van der Waals surface area contributed by atoms with E-state index in [1.54, 1.807) is 6.92 Å². The number of nitro benzene ring substituents is 1. The van der Waals surface area contributed by atoms with Crippen LogP contribution in [0, 0.1) is 17.0 Å². The number of carbonyl (C=O) groups excluding carboxylic acids is 1. The Morgan fingerprint density at radius 2 is 2.10 bits per heavy atom. The van der Waals surface area contributed by atoms with Gasteiger partial charge in [-0.1, -0.05) is 0 Å². The lowest BCUT2D eigenvalue weighted by atomic mass is 10.1. The van der Waals surface area contributed by atoms with Gasteiger partial charge < -0.3 is 10.0 Å². The van der Waals surface area contributed by atoms with Gasteiger partial charge in [0.1, 0.15) is 0 Å². The largest absolute Gasteiger partial charge is 0.479 e. The van der Waals surface area contributed by atoms with Crippen LogP contribution < -0.4 is 0 Å². The molecule has 0 aliphatic carbocycles. The zero-order valence-electron chi connectivity index (χ0n) is 11.2. The van der Waals surface area contributed by atoms with E-state index < -0.39 is 29.0 Å². The molecule has 7 nitrogen and oxygen atoms in total. The summed E-state index contributed by atoms with van der Waals surface area (Å²) < 4.78 is 13.9. The number of halogens is 1. The number of amides is 1. The minimum atomic E-state index is -2.45. The van der Waals surface area contributed by atoms with Crippen molar-refractivity contribution in [3.05, 3.63) is 39.4 Å². The molecule has 112 valence electrons. The second kappa shape index (κ2) is 5.12. The van der Waals surface area contributed by atoms with Gasteiger partial charge in [-0.3, -0.25) is 14.9 Å². The van der Waals surface area contributed by atoms with E-state index in [0.29, 0.717) is 5.56 Å². The van der Waals surface area contributed by atoms with E-state index in [1.165, 1.54) is 12.1 Å². The summed E-state index contributed by atoms with van der Waals surface area (Å²) in [5.74, 6) is -2.21. The Morgan fingerprint density at radius 3 is 2.62 bits per heavy atom. The van der Waals surface area contributed by atoms with Crippen molar-refractivity contribution >= 4 is 17.6 Å². The van der Waals surface area contributed by atoms with Gasteiger partial charge in [-0.25, -0.2) is 9.18 Å². The molecule has 0 aromatic heterocycles. The van der Waals surface area contributed by atoms with Crippen LogP contribution in [0.5, 0.6) is 0 Å². The van der Waals surface area contributed by atoms with Crippen LogP contribution in [0.15, 0.2) is 18.2 Å². The van der Waals surface area contributed by atoms with E-state index in [4.69, 9.17) is 5.11 Å². The zero-order valence-corrected chi connectivity index (χ0v) is 11.2. The van der Waals surface area contributed by atoms with Gasteiger partial charge in [0.25, 0.3) is 11.6 Å². The molecule has 0 spiro atoms. The molecule has 1 fully saturated rings. The smallest absolute Gasteiger partial charge is 0.343 e. The fourth-order valence-corrected chi connectivity index (χ4v) is 2.30. The highest BCUT2D eigenvalue weighted by Gasteiger charge is 2.47. The quantitative estimate of drug-likeness (QED) is 0.673. The van der Waals surface area contributed by atoms with Gasteiger partial charge in [-0.2, -0.15) is 0 Å². The third-order valence-corrected chi connectivity index (χ3v) is 3.41. The standard InChI is InChI=1S/C13H13FN2O5/c1-8-4-9(6-10(5-8)16(20)21)11(17)15-3-2-13(14,7-15)12(18)19/h4-6H,2-3,7H2,1H3,(H,18,19). The number of carboxylic acids is 1. The number of hydrogen-bond donors (Lipinski definition) is 1. The minimum Gasteiger partial charge on any atom is -0.479 e. The van der Waals surface area contributed by atoms with Gasteiger partial charge in [0.2, 0.25) is 5.67 Å². The van der Waals surface area contributed by atoms with Crippen molar-refractivity contribution in [3.8, 4) is 0 Å². The molecule has 8 heteroatoms. The van der Waals surface area contributed by atoms with Crippen molar-refractivity contribution in [2.75, 3.05) is 13.1 Å². The Labute approximate surface area is 119 Å². The number of rotatable bonds is 3. The molecular formula is C13H13FN2O5. The van der Waals surface area contributed by atoms with Crippen LogP contribution in [0.3, 0.4) is 0 Å². The number of aliphatic carboxylic acids is 1. The summed E-state index contributed by atoms with van der Waals surface area (Å²) in [7, 11) is 0. The molecule has 1 atom stereocenters. The maximum atomic E-state index is 13.9. The van der Waals surface area contributed by atoms with Crippen molar-refractivity contribution < 1.29 is 24.0 Å². The molecule has 1 aromatic rings. The second-order valence-electron chi connectivity index (χ2n) is 5.06. The summed E-state index contributed by atoms with van der Waals surface area (Å²) in [6, 6.07) is 3.88. The van der Waals surface area contributed by atoms with Crippen molar-refractivity contribution in [1.82, 2.24) is 4.90 Å². The predicted octanol–water partition coefficient (Wildman–Crippen LogP) is 1.54. The number of carboxylic acid groups (broad SMARTS) is 1. The first-order chi connectivity index (χ1) is 9.73. The lowest BCUT2D eigenvalue weighted by Gasteiger charge is -2.18. The highest BCUT2D eigenvalue weighted by molar-refractivity contribution is 5.96. The molecule has 0 saturated carbocycles. The van der Waals surface area contributed by atoms with Crippen molar-refractivity contribution in [1.29, 1.82) is 0 Å². The van der Waals surface area contributed by atoms with E-state index in [9.17, 15) is 24.1 Å². The average Bonchev–Trinajstić information content (AvgIpc) is 2.81. The molecule has 1 unspecified atom stereocenters. The molecular weight excluding hydrogens is 283 g/mol. The lowest BCUT2D eigenvalue weighted by Crippen LogP contribution is -2.38. The summed E-state index contributed by atoms with van der Waals surface area (Å²) in [6.45, 7) is 1.01. The van der Waals surface area contributed by atoms with Gasteiger partial charge in [0.15, 0.2) is 0 Å². The van der Waals surface area contributed by atoms with E-state index in [1.807, 2.05) is 0 Å². The maximum absolute atomic E-state index is 13.9. The van der Waals surface area contributed by atoms with E-state index in [2.05, 4.69) is 0 Å². The first kappa shape index (κ1) is 14.9. The van der Waals surface area contributed by atoms with Crippen LogP contribution in [0.1, 0.15) is 22.3 Å². The van der Waals surface area contributed by atoms with Crippen molar-refractivity contribution in [2.45, 2.75) is 19.0 Å². The zero-order chi connectivity index (χ0) is 15.8. The minimum absolute atomic E-state index is 0.0383. The Hall–Kier alpha value is -2.51. The Morgan fingerprint density at radius 1 is 1.43 bits per heavy atom. The fourth-order valence-electron chi connectivity index (χ4n) is 2.30. The Bertz CT molecular complexity index is 633. The van der Waals surface area contributed by atoms with E-state index in [-0.39, 0.29) is 24.2 Å². The normalized spacial score (nSPS) is 21.3. The molecule has 21 heavy (non-hydrogen) atoms. The highest BCUT2D eigenvalue weighted by atomic mass is 19.1. The van der Waals surface area contributed by atoms with Crippen LogP contribution in [0.25, 0.3) is 0 Å². The van der Waals surface area contributed by atoms with Crippen LogP contribution in [0.4, 0.5) is 10.1 Å². The van der Waals surface area contributed by atoms with Crippen molar-refractivity contribution in [2.24, 2.45) is 0 Å². The number of non-ortho nitro benzene ring substituents is 1. The van der Waals surface area contributed by atoms with Gasteiger partial charge in [0, 0.05) is 30.7 Å². The first-order valence-corrected chi connectivity index (χ1v) is 6.20. The molecule has 1 aliphatic heterocycles. The molecule has 1 amide bonds. The number of nitro groups is 1. The lowest BCUT2D eigenvalue weighted by molar-refractivity contribution is -0.384. The monoisotopic (exact) mass is 296 g/mol. The van der Waals surface area contributed by atoms with Crippen molar-refractivity contribution in [3.63, 3.8) is 0 Å². The van der Waals surface area contributed by atoms with Gasteiger partial charge in [-0.15, -0.1) is 0 Å². The third kappa shape index (κ3) is 2.83. The molecule has 0 radical (unpaired) electrons. The maximum Gasteiger partial charge on any atom is 0.343 e. The van der Waals surface area contributed by atoms with Gasteiger partial charge in [-0.05, 0) is 18.6 Å². The number of likely N-dealkylation sites (tertiary alicyclic amines) is 1. The van der Waals surface area contributed by atoms with E-state index >= 15 is 0 Å². The van der Waals surface area contributed by atoms with Crippen LogP contribution >= 0.6 is 0 Å². The summed E-state index contributed by atoms with van der Waals surface area (Å²) in [5, 5.41) is 19.6. The van der Waals surface area contributed by atoms with Gasteiger partial charge >= 0.3 is 5.97 Å². The highest BCUT2D eigenvalue weighted by Crippen LogP contribution is 2.28. The number of benzene rings is 1. The number of hydrogen-bond acceptors (Lipinski definition) is 4. The van der Waals surface area contributed by atoms with Crippen LogP contribution in [-0.2, 0) is 4.79 Å². The molecule has 1 aromatic carbocycles. The summed E-state index contributed by atoms with van der Waals surface area (Å²) >= 11 is 0.